The monoisotopic (exact) mass is 357 g/mol. The summed E-state index contributed by atoms with van der Waals surface area (Å²) in [6.45, 7) is 4.66. The van der Waals surface area contributed by atoms with Gasteiger partial charge in [0, 0.05) is 14.2 Å². The number of hydrogen-bond acceptors (Lipinski definition) is 3. The van der Waals surface area contributed by atoms with Crippen LogP contribution in [0.3, 0.4) is 0 Å². The molecule has 4 heteroatoms. The Labute approximate surface area is 152 Å². The molecule has 1 fully saturated rings. The molecule has 0 saturated heterocycles. The number of nitrogens with one attached hydrogen (secondary N) is 1. The molecule has 0 atom stereocenters. The van der Waals surface area contributed by atoms with E-state index in [2.05, 4.69) is 11.9 Å². The fraction of sp³-hybridized carbons (Fsp3) is 1.00. The van der Waals surface area contributed by atoms with Crippen molar-refractivity contribution in [3.05, 3.63) is 0 Å². The van der Waals surface area contributed by atoms with Gasteiger partial charge in [0.25, 0.3) is 0 Å². The zero-order valence-electron chi connectivity index (χ0n) is 16.7. The van der Waals surface area contributed by atoms with Gasteiger partial charge in [0.05, 0.1) is 0 Å². The Hall–Kier alpha value is 0.0969. The van der Waals surface area contributed by atoms with E-state index in [0.717, 1.165) is 12.0 Å². The summed E-state index contributed by atoms with van der Waals surface area (Å²) in [5.74, 6) is 0.972. The molecule has 0 radical (unpaired) electrons. The summed E-state index contributed by atoms with van der Waals surface area (Å²) in [6.07, 6.45) is 18.3. The topological polar surface area (TPSA) is 30.5 Å². The van der Waals surface area contributed by atoms with Gasteiger partial charge in [-0.25, -0.2) is 0 Å². The minimum atomic E-state index is -1.81. The highest BCUT2D eigenvalue weighted by atomic mass is 28.4. The summed E-state index contributed by atoms with van der Waals surface area (Å²) in [6, 6.07) is 1.13. The van der Waals surface area contributed by atoms with E-state index in [0.29, 0.717) is 0 Å². The Morgan fingerprint density at radius 3 is 1.92 bits per heavy atom. The van der Waals surface area contributed by atoms with Gasteiger partial charge in [-0.3, -0.25) is 0 Å². The number of unbranched alkanes of at least 4 members (excludes halogenated alkanes) is 7. The molecule has 0 aromatic rings. The molecule has 1 N–H and O–H groups in total. The highest BCUT2D eigenvalue weighted by Crippen LogP contribution is 2.22. The largest absolute Gasteiger partial charge is 0.398 e. The van der Waals surface area contributed by atoms with E-state index in [1.807, 2.05) is 0 Å². The van der Waals surface area contributed by atoms with Crippen molar-refractivity contribution in [3.8, 4) is 0 Å². The Bertz CT molecular complexity index is 279. The van der Waals surface area contributed by atoms with Crippen LogP contribution in [0, 0.1) is 5.92 Å². The second-order valence-corrected chi connectivity index (χ2v) is 11.4. The third-order valence-electron chi connectivity index (χ3n) is 5.76. The maximum absolute atomic E-state index is 5.53. The van der Waals surface area contributed by atoms with Crippen LogP contribution in [0.1, 0.15) is 83.5 Å². The molecular weight excluding hydrogens is 314 g/mol. The SMILES string of the molecule is CO[Si](C)(CCCCCCCCCCNCC1CCCCC1)OC. The van der Waals surface area contributed by atoms with Gasteiger partial charge in [0.1, 0.15) is 0 Å². The molecule has 1 rings (SSSR count). The van der Waals surface area contributed by atoms with Crippen molar-refractivity contribution in [2.75, 3.05) is 27.3 Å². The van der Waals surface area contributed by atoms with Crippen molar-refractivity contribution < 1.29 is 8.85 Å². The Morgan fingerprint density at radius 1 is 0.792 bits per heavy atom. The standard InChI is InChI=1S/C20H43NO2Si/c1-22-24(3,23-2)18-14-9-7-5-4-6-8-13-17-21-19-20-15-11-10-12-16-20/h20-21H,4-19H2,1-3H3. The van der Waals surface area contributed by atoms with E-state index in [-0.39, 0.29) is 0 Å². The smallest absolute Gasteiger partial charge is 0.334 e. The summed E-state index contributed by atoms with van der Waals surface area (Å²) in [7, 11) is 1.77. The van der Waals surface area contributed by atoms with Crippen LogP contribution in [0.25, 0.3) is 0 Å². The molecule has 144 valence electrons. The maximum atomic E-state index is 5.53. The van der Waals surface area contributed by atoms with Gasteiger partial charge in [-0.15, -0.1) is 0 Å². The van der Waals surface area contributed by atoms with Crippen LogP contribution < -0.4 is 5.32 Å². The van der Waals surface area contributed by atoms with Crippen molar-refractivity contribution in [1.82, 2.24) is 5.32 Å². The number of rotatable bonds is 15. The van der Waals surface area contributed by atoms with Crippen LogP contribution in [-0.4, -0.2) is 35.9 Å². The Kier molecular flexibility index (Phi) is 13.2. The normalized spacial score (nSPS) is 16.6. The summed E-state index contributed by atoms with van der Waals surface area (Å²) < 4.78 is 11.1. The Balaban J connectivity index is 1.77. The van der Waals surface area contributed by atoms with Crippen LogP contribution in [0.2, 0.25) is 12.6 Å². The van der Waals surface area contributed by atoms with Crippen molar-refractivity contribution in [3.63, 3.8) is 0 Å². The molecule has 0 amide bonds. The molecule has 24 heavy (non-hydrogen) atoms. The van der Waals surface area contributed by atoms with Gasteiger partial charge in [0.15, 0.2) is 0 Å². The van der Waals surface area contributed by atoms with Gasteiger partial charge >= 0.3 is 8.56 Å². The third kappa shape index (κ3) is 10.9. The highest BCUT2D eigenvalue weighted by molar-refractivity contribution is 6.65. The molecule has 0 spiro atoms. The van der Waals surface area contributed by atoms with Crippen molar-refractivity contribution in [2.24, 2.45) is 5.92 Å². The van der Waals surface area contributed by atoms with E-state index >= 15 is 0 Å². The summed E-state index contributed by atoms with van der Waals surface area (Å²) in [5.41, 5.74) is 0. The molecular formula is C20H43NO2Si. The first-order valence-electron chi connectivity index (χ1n) is 10.5. The zero-order valence-corrected chi connectivity index (χ0v) is 17.7. The van der Waals surface area contributed by atoms with Crippen LogP contribution in [-0.2, 0) is 8.85 Å². The van der Waals surface area contributed by atoms with E-state index in [4.69, 9.17) is 8.85 Å². The summed E-state index contributed by atoms with van der Waals surface area (Å²) >= 11 is 0. The lowest BCUT2D eigenvalue weighted by Crippen LogP contribution is -2.35. The van der Waals surface area contributed by atoms with Crippen LogP contribution >= 0.6 is 0 Å². The van der Waals surface area contributed by atoms with Crippen LogP contribution in [0.15, 0.2) is 0 Å². The van der Waals surface area contributed by atoms with Crippen LogP contribution in [0.4, 0.5) is 0 Å². The molecule has 0 unspecified atom stereocenters. The molecule has 1 aliphatic rings. The highest BCUT2D eigenvalue weighted by Gasteiger charge is 2.27. The summed E-state index contributed by atoms with van der Waals surface area (Å²) in [5, 5.41) is 3.68. The van der Waals surface area contributed by atoms with E-state index in [1.54, 1.807) is 14.2 Å². The average molecular weight is 358 g/mol. The molecule has 0 heterocycles. The van der Waals surface area contributed by atoms with Crippen molar-refractivity contribution in [2.45, 2.75) is 96.1 Å². The molecule has 0 aliphatic heterocycles. The quantitative estimate of drug-likeness (QED) is 0.304. The first-order chi connectivity index (χ1) is 11.7. The van der Waals surface area contributed by atoms with Crippen LogP contribution in [0.5, 0.6) is 0 Å². The lowest BCUT2D eigenvalue weighted by Gasteiger charge is -2.22. The fourth-order valence-electron chi connectivity index (χ4n) is 3.74. The third-order valence-corrected chi connectivity index (χ3v) is 8.74. The predicted molar refractivity (Wildman–Crippen MR) is 107 cm³/mol. The summed E-state index contributed by atoms with van der Waals surface area (Å²) in [4.78, 5) is 0. The van der Waals surface area contributed by atoms with E-state index in [9.17, 15) is 0 Å². The first kappa shape index (κ1) is 22.1. The second kappa shape index (κ2) is 14.3. The lowest BCUT2D eigenvalue weighted by atomic mass is 9.89. The first-order valence-corrected chi connectivity index (χ1v) is 13.0. The number of hydrogen-bond donors (Lipinski definition) is 1. The second-order valence-electron chi connectivity index (χ2n) is 7.83. The lowest BCUT2D eigenvalue weighted by molar-refractivity contribution is 0.248. The van der Waals surface area contributed by atoms with Gasteiger partial charge in [-0.1, -0.05) is 64.2 Å². The Morgan fingerprint density at radius 2 is 1.33 bits per heavy atom. The zero-order chi connectivity index (χ0) is 17.5. The van der Waals surface area contributed by atoms with Gasteiger partial charge < -0.3 is 14.2 Å². The molecule has 1 saturated carbocycles. The van der Waals surface area contributed by atoms with E-state index in [1.165, 1.54) is 96.6 Å². The van der Waals surface area contributed by atoms with Gasteiger partial charge in [-0.2, -0.15) is 0 Å². The van der Waals surface area contributed by atoms with E-state index < -0.39 is 8.56 Å². The maximum Gasteiger partial charge on any atom is 0.334 e. The van der Waals surface area contributed by atoms with Gasteiger partial charge in [0.2, 0.25) is 0 Å². The predicted octanol–water partition coefficient (Wildman–Crippen LogP) is 5.64. The minimum Gasteiger partial charge on any atom is -0.398 e. The fourth-order valence-corrected chi connectivity index (χ4v) is 5.21. The molecule has 0 bridgehead atoms. The molecule has 0 aromatic heterocycles. The average Bonchev–Trinajstić information content (AvgIpc) is 2.63. The molecule has 3 nitrogen and oxygen atoms in total. The minimum absolute atomic E-state index is 0.972. The van der Waals surface area contributed by atoms with Gasteiger partial charge in [-0.05, 0) is 50.9 Å². The molecule has 1 aliphatic carbocycles. The van der Waals surface area contributed by atoms with Crippen molar-refractivity contribution in [1.29, 1.82) is 0 Å². The van der Waals surface area contributed by atoms with Crippen molar-refractivity contribution >= 4 is 8.56 Å². The molecule has 0 aromatic carbocycles.